The van der Waals surface area contributed by atoms with Gasteiger partial charge in [-0.1, -0.05) is 64.6 Å². The van der Waals surface area contributed by atoms with Crippen molar-refractivity contribution in [2.45, 2.75) is 16.9 Å². The lowest BCUT2D eigenvalue weighted by atomic mass is 10.1. The molecule has 2 aromatic rings. The van der Waals surface area contributed by atoms with Gasteiger partial charge in [0.15, 0.2) is 0 Å². The molecule has 0 saturated carbocycles. The van der Waals surface area contributed by atoms with Gasteiger partial charge in [-0.3, -0.25) is 9.59 Å². The van der Waals surface area contributed by atoms with Crippen LogP contribution in [0.2, 0.25) is 0 Å². The van der Waals surface area contributed by atoms with Crippen molar-refractivity contribution in [1.29, 1.82) is 0 Å². The van der Waals surface area contributed by atoms with Crippen molar-refractivity contribution in [2.75, 3.05) is 0 Å². The Labute approximate surface area is 160 Å². The summed E-state index contributed by atoms with van der Waals surface area (Å²) in [6, 6.07) is 13.1. The van der Waals surface area contributed by atoms with E-state index in [9.17, 15) is 9.59 Å². The van der Waals surface area contributed by atoms with E-state index in [-0.39, 0.29) is 11.3 Å². The molecule has 2 aromatic carbocycles. The monoisotopic (exact) mass is 400 g/mol. The van der Waals surface area contributed by atoms with E-state index in [4.69, 9.17) is 45.3 Å². The van der Waals surface area contributed by atoms with Crippen LogP contribution in [0.1, 0.15) is 26.3 Å². The molecule has 0 spiro atoms. The van der Waals surface area contributed by atoms with Gasteiger partial charge in [-0.2, -0.15) is 0 Å². The lowest BCUT2D eigenvalue weighted by molar-refractivity contribution is 0.0830. The van der Waals surface area contributed by atoms with Gasteiger partial charge in [-0.25, -0.2) is 0 Å². The molecule has 0 aliphatic heterocycles. The number of primary amides is 1. The third kappa shape index (κ3) is 5.26. The van der Waals surface area contributed by atoms with Crippen LogP contribution in [0, 0.1) is 6.92 Å². The summed E-state index contributed by atoms with van der Waals surface area (Å²) in [4.78, 5) is 23.9. The first-order chi connectivity index (χ1) is 11.7. The predicted octanol–water partition coefficient (Wildman–Crippen LogP) is 3.60. The van der Waals surface area contributed by atoms with Crippen molar-refractivity contribution in [3.05, 3.63) is 65.2 Å². The highest BCUT2D eigenvalue weighted by Crippen LogP contribution is 2.33. The van der Waals surface area contributed by atoms with Crippen LogP contribution < -0.4 is 15.8 Å². The Morgan fingerprint density at radius 2 is 1.80 bits per heavy atom. The minimum Gasteiger partial charge on any atom is -0.465 e. The highest BCUT2D eigenvalue weighted by Gasteiger charge is 2.37. The van der Waals surface area contributed by atoms with Gasteiger partial charge in [-0.15, -0.1) is 0 Å². The summed E-state index contributed by atoms with van der Waals surface area (Å²) in [7, 11) is 0. The molecule has 0 saturated heterocycles. The van der Waals surface area contributed by atoms with Crippen molar-refractivity contribution < 1.29 is 14.3 Å². The summed E-state index contributed by atoms with van der Waals surface area (Å²) >= 11 is 17.8. The minimum absolute atomic E-state index is 0.0934. The Kier molecular flexibility index (Phi) is 6.16. The number of amides is 2. The number of carbonyl (C=O) groups excluding carboxylic acids is 2. The van der Waals surface area contributed by atoms with Gasteiger partial charge in [0.05, 0.1) is 5.56 Å². The van der Waals surface area contributed by atoms with Crippen LogP contribution in [0.3, 0.4) is 0 Å². The molecule has 2 rings (SSSR count). The van der Waals surface area contributed by atoms with Crippen molar-refractivity contribution in [2.24, 2.45) is 5.73 Å². The fourth-order valence-electron chi connectivity index (χ4n) is 2.07. The molecule has 0 fully saturated rings. The zero-order chi connectivity index (χ0) is 18.6. The normalized spacial score (nSPS) is 12.3. The molecular weight excluding hydrogens is 387 g/mol. The Morgan fingerprint density at radius 1 is 1.12 bits per heavy atom. The van der Waals surface area contributed by atoms with Crippen molar-refractivity contribution in [3.8, 4) is 5.75 Å². The first kappa shape index (κ1) is 19.4. The first-order valence-electron chi connectivity index (χ1n) is 7.18. The van der Waals surface area contributed by atoms with Crippen molar-refractivity contribution in [3.63, 3.8) is 0 Å². The topological polar surface area (TPSA) is 81.4 Å². The molecule has 0 radical (unpaired) electrons. The average Bonchev–Trinajstić information content (AvgIpc) is 2.53. The highest BCUT2D eigenvalue weighted by molar-refractivity contribution is 6.68. The molecule has 1 atom stereocenters. The zero-order valence-corrected chi connectivity index (χ0v) is 15.4. The van der Waals surface area contributed by atoms with E-state index in [1.165, 1.54) is 12.1 Å². The fourth-order valence-corrected chi connectivity index (χ4v) is 2.36. The lowest BCUT2D eigenvalue weighted by Gasteiger charge is -2.27. The number of aryl methyl sites for hydroxylation is 1. The second-order valence-corrected chi connectivity index (χ2v) is 7.61. The smallest absolute Gasteiger partial charge is 0.254 e. The first-order valence-corrected chi connectivity index (χ1v) is 8.31. The summed E-state index contributed by atoms with van der Waals surface area (Å²) in [6.07, 6.45) is -1.34. The Bertz CT molecular complexity index is 791. The Balaban J connectivity index is 2.26. The number of para-hydroxylation sites is 1. The second-order valence-electron chi connectivity index (χ2n) is 5.24. The molecule has 3 N–H and O–H groups in total. The number of rotatable bonds is 5. The number of halogens is 3. The molecular formula is C17H15Cl3N2O3. The molecule has 2 amide bonds. The fraction of sp³-hybridized carbons (Fsp3) is 0.176. The molecule has 25 heavy (non-hydrogen) atoms. The quantitative estimate of drug-likeness (QED) is 0.593. The van der Waals surface area contributed by atoms with Gasteiger partial charge in [-0.05, 0) is 31.2 Å². The molecule has 0 unspecified atom stereocenters. The third-order valence-corrected chi connectivity index (χ3v) is 3.83. The molecule has 0 aliphatic rings. The van der Waals surface area contributed by atoms with Gasteiger partial charge in [0.2, 0.25) is 10.0 Å². The van der Waals surface area contributed by atoms with Gasteiger partial charge >= 0.3 is 0 Å². The standard InChI is InChI=1S/C17H15Cl3N2O3/c1-10-5-4-6-11(9-10)15(24)22-16(17(18,19)20)25-13-8-3-2-7-12(13)14(21)23/h2-9,16H,1H3,(H2,21,23)(H,22,24)/t16-/m1/s1. The van der Waals surface area contributed by atoms with Gasteiger partial charge < -0.3 is 15.8 Å². The number of ether oxygens (including phenoxy) is 1. The number of hydrogen-bond donors (Lipinski definition) is 2. The van der Waals surface area contributed by atoms with Crippen LogP contribution in [0.15, 0.2) is 48.5 Å². The van der Waals surface area contributed by atoms with E-state index >= 15 is 0 Å². The maximum absolute atomic E-state index is 12.4. The van der Waals surface area contributed by atoms with Crippen molar-refractivity contribution in [1.82, 2.24) is 5.32 Å². The van der Waals surface area contributed by atoms with Gasteiger partial charge in [0.25, 0.3) is 11.8 Å². The van der Waals surface area contributed by atoms with Crippen LogP contribution in [0.4, 0.5) is 0 Å². The van der Waals surface area contributed by atoms with Crippen LogP contribution in [-0.2, 0) is 0 Å². The maximum Gasteiger partial charge on any atom is 0.254 e. The van der Waals surface area contributed by atoms with Crippen LogP contribution in [0.5, 0.6) is 5.75 Å². The Hall–Kier alpha value is -1.95. The molecule has 0 aliphatic carbocycles. The molecule has 5 nitrogen and oxygen atoms in total. The van der Waals surface area contributed by atoms with E-state index < -0.39 is 21.8 Å². The second kappa shape index (κ2) is 7.95. The van der Waals surface area contributed by atoms with Gasteiger partial charge in [0, 0.05) is 5.56 Å². The summed E-state index contributed by atoms with van der Waals surface area (Å²) in [6.45, 7) is 1.85. The van der Waals surface area contributed by atoms with Gasteiger partial charge in [0.1, 0.15) is 5.75 Å². The summed E-state index contributed by atoms with van der Waals surface area (Å²) < 4.78 is 3.58. The lowest BCUT2D eigenvalue weighted by Crippen LogP contribution is -2.48. The van der Waals surface area contributed by atoms with Crippen LogP contribution in [-0.4, -0.2) is 21.8 Å². The molecule has 8 heteroatoms. The SMILES string of the molecule is Cc1cccc(C(=O)N[C@H](Oc2ccccc2C(N)=O)C(Cl)(Cl)Cl)c1. The zero-order valence-electron chi connectivity index (χ0n) is 13.1. The molecule has 0 aromatic heterocycles. The third-order valence-electron chi connectivity index (χ3n) is 3.24. The maximum atomic E-state index is 12.4. The summed E-state index contributed by atoms with van der Waals surface area (Å²) in [5.74, 6) is -1.10. The van der Waals surface area contributed by atoms with Crippen LogP contribution >= 0.6 is 34.8 Å². The summed E-state index contributed by atoms with van der Waals surface area (Å²) in [5.41, 5.74) is 6.69. The summed E-state index contributed by atoms with van der Waals surface area (Å²) in [5, 5.41) is 2.51. The number of nitrogens with two attached hydrogens (primary N) is 1. The highest BCUT2D eigenvalue weighted by atomic mass is 35.6. The van der Waals surface area contributed by atoms with E-state index in [1.807, 2.05) is 13.0 Å². The number of hydrogen-bond acceptors (Lipinski definition) is 3. The predicted molar refractivity (Wildman–Crippen MR) is 98.3 cm³/mol. The van der Waals surface area contributed by atoms with E-state index in [0.717, 1.165) is 5.56 Å². The van der Waals surface area contributed by atoms with E-state index in [0.29, 0.717) is 5.56 Å². The molecule has 132 valence electrons. The van der Waals surface area contributed by atoms with Crippen LogP contribution in [0.25, 0.3) is 0 Å². The average molecular weight is 402 g/mol. The van der Waals surface area contributed by atoms with E-state index in [2.05, 4.69) is 5.32 Å². The Morgan fingerprint density at radius 3 is 2.40 bits per heavy atom. The molecule has 0 bridgehead atoms. The molecule has 0 heterocycles. The number of carbonyl (C=O) groups is 2. The number of benzene rings is 2. The van der Waals surface area contributed by atoms with E-state index in [1.54, 1.807) is 30.3 Å². The van der Waals surface area contributed by atoms with Crippen molar-refractivity contribution >= 4 is 46.6 Å². The number of nitrogens with one attached hydrogen (secondary N) is 1. The number of alkyl halides is 3. The minimum atomic E-state index is -1.98. The largest absolute Gasteiger partial charge is 0.465 e.